The average Bonchev–Trinajstić information content (AvgIpc) is 2.75. The Kier molecular flexibility index (Phi) is 4.00. The molecule has 0 bridgehead atoms. The van der Waals surface area contributed by atoms with Crippen molar-refractivity contribution in [3.8, 4) is 0 Å². The minimum Gasteiger partial charge on any atom is -0.348 e. The largest absolute Gasteiger partial charge is 0.348 e. The van der Waals surface area contributed by atoms with Gasteiger partial charge in [0.05, 0.1) is 4.47 Å². The van der Waals surface area contributed by atoms with Crippen molar-refractivity contribution >= 4 is 15.9 Å². The summed E-state index contributed by atoms with van der Waals surface area (Å²) in [6.45, 7) is 3.24. The first kappa shape index (κ1) is 14.1. The summed E-state index contributed by atoms with van der Waals surface area (Å²) >= 11 is 2.96. The number of rotatable bonds is 3. The van der Waals surface area contributed by atoms with Gasteiger partial charge >= 0.3 is 5.69 Å². The number of alkyl halides is 2. The lowest BCUT2D eigenvalue weighted by Gasteiger charge is -2.16. The van der Waals surface area contributed by atoms with E-state index in [1.54, 1.807) is 0 Å². The normalized spacial score (nSPS) is 28.3. The Morgan fingerprint density at radius 2 is 2.32 bits per heavy atom. The molecule has 1 fully saturated rings. The second-order valence-electron chi connectivity index (χ2n) is 4.13. The van der Waals surface area contributed by atoms with E-state index >= 15 is 0 Å². The Morgan fingerprint density at radius 1 is 1.63 bits per heavy atom. The number of aromatic amines is 1. The van der Waals surface area contributed by atoms with Crippen LogP contribution in [0.2, 0.25) is 0 Å². The summed E-state index contributed by atoms with van der Waals surface area (Å²) in [5.74, 6) is 0. The highest BCUT2D eigenvalue weighted by Crippen LogP contribution is 2.33. The number of hydrogen-bond acceptors (Lipinski definition) is 3. The molecule has 2 heterocycles. The number of H-pyrrole nitrogens is 1. The van der Waals surface area contributed by atoms with Crippen molar-refractivity contribution in [2.45, 2.75) is 31.1 Å². The zero-order valence-corrected chi connectivity index (χ0v) is 11.3. The van der Waals surface area contributed by atoms with E-state index in [-0.39, 0.29) is 10.9 Å². The lowest BCUT2D eigenvalue weighted by atomic mass is 10.1. The van der Waals surface area contributed by atoms with Gasteiger partial charge in [0.25, 0.3) is 5.56 Å². The first-order valence-corrected chi connectivity index (χ1v) is 6.30. The quantitative estimate of drug-likeness (QED) is 0.849. The molecule has 0 aliphatic carbocycles. The number of nitrogens with one attached hydrogen (secondary N) is 1. The van der Waals surface area contributed by atoms with Crippen molar-refractivity contribution < 1.29 is 13.5 Å². The fraction of sp³-hybridized carbons (Fsp3) is 0.455. The van der Waals surface area contributed by atoms with Crippen LogP contribution in [0.3, 0.4) is 0 Å². The van der Waals surface area contributed by atoms with Crippen LogP contribution in [0, 0.1) is 0 Å². The van der Waals surface area contributed by atoms with Gasteiger partial charge in [-0.25, -0.2) is 13.6 Å². The van der Waals surface area contributed by atoms with Gasteiger partial charge in [-0.05, 0) is 15.9 Å². The molecule has 8 heteroatoms. The molecule has 19 heavy (non-hydrogen) atoms. The third-order valence-electron chi connectivity index (χ3n) is 2.87. The number of nitrogens with zero attached hydrogens (tertiary/aromatic N) is 1. The third kappa shape index (κ3) is 2.69. The molecule has 1 aromatic rings. The minimum atomic E-state index is -1.65. The predicted molar refractivity (Wildman–Crippen MR) is 67.5 cm³/mol. The molecule has 1 aliphatic heterocycles. The molecule has 2 rings (SSSR count). The molecule has 1 saturated heterocycles. The van der Waals surface area contributed by atoms with Gasteiger partial charge in [-0.15, -0.1) is 6.58 Å². The van der Waals surface area contributed by atoms with E-state index in [0.29, 0.717) is 0 Å². The van der Waals surface area contributed by atoms with E-state index in [1.807, 2.05) is 4.98 Å². The molecule has 0 amide bonds. The van der Waals surface area contributed by atoms with Gasteiger partial charge in [0.15, 0.2) is 0 Å². The van der Waals surface area contributed by atoms with Crippen LogP contribution in [0.15, 0.2) is 32.9 Å². The standard InChI is InChI=1S/C11H11BrF2N2O3/c1-2-6(13)9-7(14)3-8(19-9)16-4-5(12)10(17)15-11(16)18/h2,4,6-9H,1,3H2,(H,15,17,18)/t6?,7-,8+,9+/m0/s1. The van der Waals surface area contributed by atoms with Crippen LogP contribution < -0.4 is 11.2 Å². The molecule has 1 aromatic heterocycles. The highest BCUT2D eigenvalue weighted by molar-refractivity contribution is 9.10. The minimum absolute atomic E-state index is 0.107. The molecule has 104 valence electrons. The monoisotopic (exact) mass is 336 g/mol. The van der Waals surface area contributed by atoms with Gasteiger partial charge in [-0.3, -0.25) is 14.3 Å². The van der Waals surface area contributed by atoms with Crippen LogP contribution in [-0.4, -0.2) is 28.0 Å². The lowest BCUT2D eigenvalue weighted by Crippen LogP contribution is -2.33. The Labute approximate surface area is 115 Å². The van der Waals surface area contributed by atoms with Gasteiger partial charge in [0.1, 0.15) is 24.7 Å². The van der Waals surface area contributed by atoms with Gasteiger partial charge < -0.3 is 4.74 Å². The Bertz CT molecular complexity index is 600. The van der Waals surface area contributed by atoms with Crippen LogP contribution in [0.4, 0.5) is 8.78 Å². The lowest BCUT2D eigenvalue weighted by molar-refractivity contribution is -0.0372. The molecule has 0 spiro atoms. The number of halogens is 3. The Hall–Kier alpha value is -1.28. The summed E-state index contributed by atoms with van der Waals surface area (Å²) in [5, 5.41) is 0. The fourth-order valence-electron chi connectivity index (χ4n) is 1.91. The van der Waals surface area contributed by atoms with Crippen molar-refractivity contribution in [3.05, 3.63) is 44.2 Å². The van der Waals surface area contributed by atoms with Gasteiger partial charge in [-0.2, -0.15) is 0 Å². The van der Waals surface area contributed by atoms with Crippen molar-refractivity contribution in [1.29, 1.82) is 0 Å². The number of hydrogen-bond donors (Lipinski definition) is 1. The maximum atomic E-state index is 13.7. The first-order chi connectivity index (χ1) is 8.93. The average molecular weight is 337 g/mol. The van der Waals surface area contributed by atoms with Gasteiger partial charge in [0.2, 0.25) is 0 Å². The summed E-state index contributed by atoms with van der Waals surface area (Å²) in [6, 6.07) is 0. The van der Waals surface area contributed by atoms with Crippen LogP contribution in [0.5, 0.6) is 0 Å². The SMILES string of the molecule is C=CC(F)[C@H]1O[C@@H](n2cc(Br)c(=O)[nH]c2=O)C[C@@H]1F. The molecule has 4 atom stereocenters. The number of ether oxygens (including phenoxy) is 1. The van der Waals surface area contributed by atoms with E-state index < -0.39 is 35.9 Å². The molecular formula is C11H11BrF2N2O3. The number of aromatic nitrogens is 2. The van der Waals surface area contributed by atoms with E-state index in [0.717, 1.165) is 10.6 Å². The zero-order chi connectivity index (χ0) is 14.2. The van der Waals surface area contributed by atoms with Crippen LogP contribution in [0.25, 0.3) is 0 Å². The second-order valence-corrected chi connectivity index (χ2v) is 4.99. The smallest absolute Gasteiger partial charge is 0.330 e. The summed E-state index contributed by atoms with van der Waals surface area (Å²) in [6.07, 6.45) is -3.47. The van der Waals surface area contributed by atoms with E-state index in [4.69, 9.17) is 4.74 Å². The van der Waals surface area contributed by atoms with E-state index in [9.17, 15) is 18.4 Å². The maximum absolute atomic E-state index is 13.7. The van der Waals surface area contributed by atoms with Gasteiger partial charge in [-0.1, -0.05) is 6.08 Å². The predicted octanol–water partition coefficient (Wildman–Crippen LogP) is 1.45. The van der Waals surface area contributed by atoms with E-state index in [2.05, 4.69) is 22.5 Å². The van der Waals surface area contributed by atoms with Crippen molar-refractivity contribution in [2.75, 3.05) is 0 Å². The Morgan fingerprint density at radius 3 is 2.95 bits per heavy atom. The van der Waals surface area contributed by atoms with Crippen LogP contribution in [-0.2, 0) is 4.74 Å². The molecule has 1 aliphatic rings. The molecule has 5 nitrogen and oxygen atoms in total. The molecule has 1 unspecified atom stereocenters. The van der Waals surface area contributed by atoms with E-state index in [1.165, 1.54) is 6.20 Å². The van der Waals surface area contributed by atoms with Crippen molar-refractivity contribution in [1.82, 2.24) is 9.55 Å². The highest BCUT2D eigenvalue weighted by atomic mass is 79.9. The summed E-state index contributed by atoms with van der Waals surface area (Å²) in [7, 11) is 0. The molecule has 0 aromatic carbocycles. The first-order valence-electron chi connectivity index (χ1n) is 5.51. The van der Waals surface area contributed by atoms with Crippen LogP contribution in [0.1, 0.15) is 12.6 Å². The summed E-state index contributed by atoms with van der Waals surface area (Å²) in [4.78, 5) is 24.8. The highest BCUT2D eigenvalue weighted by Gasteiger charge is 2.41. The molecule has 0 saturated carbocycles. The van der Waals surface area contributed by atoms with Crippen molar-refractivity contribution in [3.63, 3.8) is 0 Å². The molecular weight excluding hydrogens is 326 g/mol. The van der Waals surface area contributed by atoms with Crippen molar-refractivity contribution in [2.24, 2.45) is 0 Å². The third-order valence-corrected chi connectivity index (χ3v) is 3.44. The molecule has 0 radical (unpaired) electrons. The second kappa shape index (κ2) is 5.38. The fourth-order valence-corrected chi connectivity index (χ4v) is 2.23. The Balaban J connectivity index is 2.30. The van der Waals surface area contributed by atoms with Crippen LogP contribution >= 0.6 is 15.9 Å². The van der Waals surface area contributed by atoms with Gasteiger partial charge in [0, 0.05) is 12.6 Å². The summed E-state index contributed by atoms with van der Waals surface area (Å²) < 4.78 is 33.4. The summed E-state index contributed by atoms with van der Waals surface area (Å²) in [5.41, 5.74) is -1.33. The maximum Gasteiger partial charge on any atom is 0.330 e. The zero-order valence-electron chi connectivity index (χ0n) is 9.68. The topological polar surface area (TPSA) is 64.1 Å². The molecule has 1 N–H and O–H groups in total.